The summed E-state index contributed by atoms with van der Waals surface area (Å²) in [4.78, 5) is 16.5. The normalized spacial score (nSPS) is 11.2. The van der Waals surface area contributed by atoms with E-state index in [0.29, 0.717) is 5.13 Å². The Morgan fingerprint density at radius 1 is 1.13 bits per heavy atom. The van der Waals surface area contributed by atoms with Gasteiger partial charge in [-0.3, -0.25) is 10.1 Å². The summed E-state index contributed by atoms with van der Waals surface area (Å²) in [6.07, 6.45) is 0. The quantitative estimate of drug-likeness (QED) is 0.737. The Balaban J connectivity index is 1.96. The third-order valence-corrected chi connectivity index (χ3v) is 4.42. The number of anilines is 1. The van der Waals surface area contributed by atoms with Crippen molar-refractivity contribution >= 4 is 32.6 Å². The minimum Gasteiger partial charge on any atom is -0.298 e. The van der Waals surface area contributed by atoms with Gasteiger partial charge in [-0.1, -0.05) is 43.4 Å². The molecule has 6 heteroatoms. The molecule has 0 radical (unpaired) electrons. The molecule has 3 rings (SSSR count). The smallest absolute Gasteiger partial charge is 0.263 e. The molecule has 0 aliphatic heterocycles. The first kappa shape index (κ1) is 15.6. The molecule has 23 heavy (non-hydrogen) atoms. The second-order valence-corrected chi connectivity index (χ2v) is 6.45. The van der Waals surface area contributed by atoms with Crippen molar-refractivity contribution in [1.29, 1.82) is 0 Å². The van der Waals surface area contributed by atoms with Crippen LogP contribution in [0.1, 0.15) is 35.7 Å². The monoisotopic (exact) mass is 332 g/mol. The summed E-state index contributed by atoms with van der Waals surface area (Å²) in [5.74, 6) is -2.35. The minimum absolute atomic E-state index is 0.286. The number of hydrogen-bond donors (Lipinski definition) is 1. The summed E-state index contributed by atoms with van der Waals surface area (Å²) in [7, 11) is 0. The van der Waals surface area contributed by atoms with Crippen LogP contribution in [0.5, 0.6) is 0 Å². The molecule has 0 saturated carbocycles. The molecule has 2 aromatic carbocycles. The summed E-state index contributed by atoms with van der Waals surface area (Å²) >= 11 is 1.28. The van der Waals surface area contributed by atoms with Crippen LogP contribution in [0.25, 0.3) is 10.2 Å². The Labute approximate surface area is 136 Å². The molecular formula is C17H14F2N2OS. The number of halogens is 2. The van der Waals surface area contributed by atoms with E-state index in [9.17, 15) is 13.6 Å². The Morgan fingerprint density at radius 3 is 2.43 bits per heavy atom. The molecule has 0 bridgehead atoms. The van der Waals surface area contributed by atoms with Gasteiger partial charge in [-0.25, -0.2) is 13.8 Å². The summed E-state index contributed by atoms with van der Waals surface area (Å²) < 4.78 is 28.2. The van der Waals surface area contributed by atoms with Gasteiger partial charge in [-0.05, 0) is 29.7 Å². The maximum absolute atomic E-state index is 13.7. The zero-order valence-corrected chi connectivity index (χ0v) is 13.4. The van der Waals surface area contributed by atoms with E-state index in [4.69, 9.17) is 0 Å². The van der Waals surface area contributed by atoms with Crippen molar-refractivity contribution in [2.24, 2.45) is 0 Å². The van der Waals surface area contributed by atoms with Gasteiger partial charge in [0.1, 0.15) is 17.2 Å². The van der Waals surface area contributed by atoms with Gasteiger partial charge in [0.2, 0.25) is 0 Å². The predicted molar refractivity (Wildman–Crippen MR) is 88.0 cm³/mol. The number of nitrogens with zero attached hydrogens (tertiary/aromatic N) is 1. The first-order valence-electron chi connectivity index (χ1n) is 7.12. The summed E-state index contributed by atoms with van der Waals surface area (Å²) in [5, 5.41) is 2.80. The lowest BCUT2D eigenvalue weighted by molar-refractivity contribution is 0.101. The molecule has 1 aromatic heterocycles. The third kappa shape index (κ3) is 2.94. The van der Waals surface area contributed by atoms with E-state index in [0.717, 1.165) is 27.9 Å². The average Bonchev–Trinajstić information content (AvgIpc) is 2.88. The van der Waals surface area contributed by atoms with Crippen LogP contribution in [0.2, 0.25) is 0 Å². The van der Waals surface area contributed by atoms with Crippen LogP contribution >= 0.6 is 11.3 Å². The van der Waals surface area contributed by atoms with Gasteiger partial charge in [0.15, 0.2) is 5.13 Å². The van der Waals surface area contributed by atoms with Crippen LogP contribution in [0.3, 0.4) is 0 Å². The van der Waals surface area contributed by atoms with E-state index >= 15 is 0 Å². The lowest BCUT2D eigenvalue weighted by Crippen LogP contribution is -2.15. The second kappa shape index (κ2) is 6.04. The van der Waals surface area contributed by atoms with Gasteiger partial charge < -0.3 is 0 Å². The number of nitrogens with one attached hydrogen (secondary N) is 1. The number of aromatic nitrogens is 1. The molecule has 0 aliphatic rings. The number of rotatable bonds is 3. The van der Waals surface area contributed by atoms with Crippen molar-refractivity contribution < 1.29 is 13.6 Å². The van der Waals surface area contributed by atoms with E-state index in [-0.39, 0.29) is 5.92 Å². The molecule has 1 N–H and O–H groups in total. The van der Waals surface area contributed by atoms with Crippen LogP contribution in [0.15, 0.2) is 36.4 Å². The van der Waals surface area contributed by atoms with E-state index < -0.39 is 23.1 Å². The highest BCUT2D eigenvalue weighted by Crippen LogP contribution is 2.31. The maximum Gasteiger partial charge on any atom is 0.263 e. The lowest BCUT2D eigenvalue weighted by Gasteiger charge is -2.05. The maximum atomic E-state index is 13.7. The van der Waals surface area contributed by atoms with Gasteiger partial charge in [0, 0.05) is 0 Å². The van der Waals surface area contributed by atoms with Gasteiger partial charge in [-0.15, -0.1) is 0 Å². The van der Waals surface area contributed by atoms with Crippen molar-refractivity contribution in [3.63, 3.8) is 0 Å². The van der Waals surface area contributed by atoms with Gasteiger partial charge in [-0.2, -0.15) is 0 Å². The largest absolute Gasteiger partial charge is 0.298 e. The second-order valence-electron chi connectivity index (χ2n) is 5.42. The molecule has 0 unspecified atom stereocenters. The fourth-order valence-corrected chi connectivity index (χ4v) is 3.26. The molecule has 0 spiro atoms. The van der Waals surface area contributed by atoms with Crippen molar-refractivity contribution in [1.82, 2.24) is 4.98 Å². The molecular weight excluding hydrogens is 318 g/mol. The summed E-state index contributed by atoms with van der Waals surface area (Å²) in [6.45, 7) is 4.11. The third-order valence-electron chi connectivity index (χ3n) is 3.48. The van der Waals surface area contributed by atoms with E-state index in [1.807, 2.05) is 18.2 Å². The molecule has 3 nitrogen and oxygen atoms in total. The highest BCUT2D eigenvalue weighted by molar-refractivity contribution is 7.22. The van der Waals surface area contributed by atoms with Crippen molar-refractivity contribution in [2.45, 2.75) is 19.8 Å². The van der Waals surface area contributed by atoms with Gasteiger partial charge in [0.05, 0.1) is 10.2 Å². The van der Waals surface area contributed by atoms with Crippen molar-refractivity contribution in [3.05, 3.63) is 59.2 Å². The molecule has 118 valence electrons. The molecule has 0 fully saturated rings. The highest BCUT2D eigenvalue weighted by atomic mass is 32.1. The summed E-state index contributed by atoms with van der Waals surface area (Å²) in [5.41, 5.74) is 1.27. The Hall–Kier alpha value is -2.34. The number of benzene rings is 2. The number of amides is 1. The van der Waals surface area contributed by atoms with E-state index in [1.165, 1.54) is 17.4 Å². The van der Waals surface area contributed by atoms with Crippen LogP contribution in [0.4, 0.5) is 13.9 Å². The fourth-order valence-electron chi connectivity index (χ4n) is 2.36. The zero-order chi connectivity index (χ0) is 16.6. The molecule has 0 atom stereocenters. The molecule has 1 amide bonds. The van der Waals surface area contributed by atoms with Crippen LogP contribution in [-0.2, 0) is 0 Å². The van der Waals surface area contributed by atoms with E-state index in [2.05, 4.69) is 24.1 Å². The topological polar surface area (TPSA) is 42.0 Å². The number of carbonyl (C=O) groups excluding carboxylic acids is 1. The number of hydrogen-bond acceptors (Lipinski definition) is 3. The van der Waals surface area contributed by atoms with E-state index in [1.54, 1.807) is 0 Å². The predicted octanol–water partition coefficient (Wildman–Crippen LogP) is 4.95. The number of para-hydroxylation sites is 1. The summed E-state index contributed by atoms with van der Waals surface area (Å²) in [6, 6.07) is 9.12. The molecule has 1 heterocycles. The Morgan fingerprint density at radius 2 is 1.78 bits per heavy atom. The lowest BCUT2D eigenvalue weighted by atomic mass is 10.0. The first-order chi connectivity index (χ1) is 11.0. The van der Waals surface area contributed by atoms with Crippen LogP contribution in [0, 0.1) is 11.6 Å². The molecule has 3 aromatic rings. The van der Waals surface area contributed by atoms with Gasteiger partial charge in [0.25, 0.3) is 5.91 Å². The van der Waals surface area contributed by atoms with Crippen molar-refractivity contribution in [2.75, 3.05) is 5.32 Å². The highest BCUT2D eigenvalue weighted by Gasteiger charge is 2.19. The average molecular weight is 332 g/mol. The number of thiazole rings is 1. The number of carbonyl (C=O) groups is 1. The SMILES string of the molecule is CC(C)c1cccc2sc(NC(=O)c3c(F)cccc3F)nc12. The molecule has 0 saturated heterocycles. The molecule has 0 aliphatic carbocycles. The Bertz CT molecular complexity index is 869. The first-order valence-corrected chi connectivity index (χ1v) is 7.94. The fraction of sp³-hybridized carbons (Fsp3) is 0.176. The van der Waals surface area contributed by atoms with Gasteiger partial charge >= 0.3 is 0 Å². The Kier molecular flexibility index (Phi) is 4.09. The number of fused-ring (bicyclic) bond motifs is 1. The van der Waals surface area contributed by atoms with Crippen LogP contribution < -0.4 is 5.32 Å². The standard InChI is InChI=1S/C17H14F2N2OS/c1-9(2)10-5-3-8-13-15(10)20-17(23-13)21-16(22)14-11(18)6-4-7-12(14)19/h3-9H,1-2H3,(H,20,21,22). The van der Waals surface area contributed by atoms with Crippen LogP contribution in [-0.4, -0.2) is 10.9 Å². The minimum atomic E-state index is -0.897. The zero-order valence-electron chi connectivity index (χ0n) is 12.6. The van der Waals surface area contributed by atoms with Crippen molar-refractivity contribution in [3.8, 4) is 0 Å².